The molecule has 7 heteroatoms. The predicted molar refractivity (Wildman–Crippen MR) is 113 cm³/mol. The van der Waals surface area contributed by atoms with Crippen molar-refractivity contribution in [1.82, 2.24) is 10.2 Å². The standard InChI is InChI=1S/C23H30N2O5/c1-15(26)24-14-19-13-20(21(27)29-19)18-7-5-16(6-8-18)17-9-11-25(12-10-17)22(28)30-23(2,3)4/h5-9,19-20H,10-14H2,1-4H3,(H,24,26)/t19-,20?/m0/s1. The van der Waals surface area contributed by atoms with E-state index in [1.165, 1.54) is 12.5 Å². The molecule has 0 aliphatic carbocycles. The predicted octanol–water partition coefficient (Wildman–Crippen LogP) is 3.25. The molecule has 0 radical (unpaired) electrons. The van der Waals surface area contributed by atoms with Gasteiger partial charge in [0.1, 0.15) is 11.7 Å². The van der Waals surface area contributed by atoms with Crippen molar-refractivity contribution in [2.75, 3.05) is 19.6 Å². The lowest BCUT2D eigenvalue weighted by Crippen LogP contribution is -2.39. The van der Waals surface area contributed by atoms with E-state index in [0.29, 0.717) is 26.1 Å². The van der Waals surface area contributed by atoms with Gasteiger partial charge in [-0.05, 0) is 43.9 Å². The van der Waals surface area contributed by atoms with E-state index in [1.807, 2.05) is 45.0 Å². The summed E-state index contributed by atoms with van der Waals surface area (Å²) >= 11 is 0. The summed E-state index contributed by atoms with van der Waals surface area (Å²) in [6.07, 6.45) is 2.79. The molecule has 1 unspecified atom stereocenters. The van der Waals surface area contributed by atoms with E-state index in [1.54, 1.807) is 4.90 Å². The molecule has 30 heavy (non-hydrogen) atoms. The fourth-order valence-corrected chi connectivity index (χ4v) is 3.66. The molecular formula is C23H30N2O5. The average Bonchev–Trinajstić information content (AvgIpc) is 3.06. The largest absolute Gasteiger partial charge is 0.460 e. The number of cyclic esters (lactones) is 1. The number of hydrogen-bond acceptors (Lipinski definition) is 5. The Morgan fingerprint density at radius 3 is 2.50 bits per heavy atom. The van der Waals surface area contributed by atoms with E-state index in [4.69, 9.17) is 9.47 Å². The molecule has 2 atom stereocenters. The normalized spacial score (nSPS) is 21.7. The molecule has 2 aliphatic rings. The van der Waals surface area contributed by atoms with Crippen molar-refractivity contribution in [2.24, 2.45) is 0 Å². The fourth-order valence-electron chi connectivity index (χ4n) is 3.66. The molecule has 1 aromatic rings. The van der Waals surface area contributed by atoms with E-state index >= 15 is 0 Å². The van der Waals surface area contributed by atoms with Crippen LogP contribution in [-0.4, -0.2) is 54.2 Å². The Hall–Kier alpha value is -2.83. The summed E-state index contributed by atoms with van der Waals surface area (Å²) in [5.74, 6) is -0.686. The van der Waals surface area contributed by atoms with Crippen molar-refractivity contribution in [3.05, 3.63) is 41.5 Å². The van der Waals surface area contributed by atoms with Crippen LogP contribution in [0.15, 0.2) is 30.3 Å². The van der Waals surface area contributed by atoms with Crippen molar-refractivity contribution in [1.29, 1.82) is 0 Å². The number of nitrogens with one attached hydrogen (secondary N) is 1. The van der Waals surface area contributed by atoms with Crippen molar-refractivity contribution >= 4 is 23.5 Å². The Balaban J connectivity index is 1.59. The molecule has 0 aromatic heterocycles. The average molecular weight is 415 g/mol. The van der Waals surface area contributed by atoms with Crippen molar-refractivity contribution in [2.45, 2.75) is 58.2 Å². The topological polar surface area (TPSA) is 84.9 Å². The second-order valence-corrected chi connectivity index (χ2v) is 8.81. The molecule has 1 N–H and O–H groups in total. The monoisotopic (exact) mass is 414 g/mol. The number of nitrogens with zero attached hydrogens (tertiary/aromatic N) is 1. The van der Waals surface area contributed by atoms with Gasteiger partial charge in [0.05, 0.1) is 12.5 Å². The molecule has 1 saturated heterocycles. The van der Waals surface area contributed by atoms with Gasteiger partial charge in [-0.25, -0.2) is 4.79 Å². The lowest BCUT2D eigenvalue weighted by atomic mass is 9.92. The highest BCUT2D eigenvalue weighted by molar-refractivity contribution is 5.81. The first-order valence-corrected chi connectivity index (χ1v) is 10.3. The van der Waals surface area contributed by atoms with Crippen LogP contribution in [0, 0.1) is 0 Å². The van der Waals surface area contributed by atoms with E-state index in [-0.39, 0.29) is 30.0 Å². The summed E-state index contributed by atoms with van der Waals surface area (Å²) in [7, 11) is 0. The summed E-state index contributed by atoms with van der Waals surface area (Å²) < 4.78 is 10.8. The molecule has 2 amide bonds. The van der Waals surface area contributed by atoms with Crippen LogP contribution >= 0.6 is 0 Å². The summed E-state index contributed by atoms with van der Waals surface area (Å²) in [4.78, 5) is 37.2. The summed E-state index contributed by atoms with van der Waals surface area (Å²) in [5, 5.41) is 2.70. The molecule has 0 saturated carbocycles. The van der Waals surface area contributed by atoms with Gasteiger partial charge < -0.3 is 19.7 Å². The third-order valence-corrected chi connectivity index (χ3v) is 5.19. The molecule has 2 heterocycles. The van der Waals surface area contributed by atoms with Crippen LogP contribution in [0.2, 0.25) is 0 Å². The van der Waals surface area contributed by atoms with Crippen molar-refractivity contribution in [3.63, 3.8) is 0 Å². The molecular weight excluding hydrogens is 384 g/mol. The van der Waals surface area contributed by atoms with E-state index in [2.05, 4.69) is 11.4 Å². The quantitative estimate of drug-likeness (QED) is 0.765. The molecule has 3 rings (SSSR count). The minimum absolute atomic E-state index is 0.134. The zero-order valence-electron chi connectivity index (χ0n) is 18.1. The van der Waals surface area contributed by atoms with Gasteiger partial charge in [-0.1, -0.05) is 30.3 Å². The fraction of sp³-hybridized carbons (Fsp3) is 0.522. The number of esters is 1. The van der Waals surface area contributed by atoms with E-state index in [0.717, 1.165) is 17.5 Å². The third kappa shape index (κ3) is 5.62. The van der Waals surface area contributed by atoms with Crippen LogP contribution in [0.3, 0.4) is 0 Å². The summed E-state index contributed by atoms with van der Waals surface area (Å²) in [5.41, 5.74) is 2.68. The lowest BCUT2D eigenvalue weighted by molar-refractivity contribution is -0.142. The van der Waals surface area contributed by atoms with Crippen LogP contribution in [-0.2, 0) is 19.1 Å². The maximum atomic E-state index is 12.2. The van der Waals surface area contributed by atoms with Gasteiger partial charge in [0, 0.05) is 26.4 Å². The lowest BCUT2D eigenvalue weighted by Gasteiger charge is -2.29. The van der Waals surface area contributed by atoms with E-state index in [9.17, 15) is 14.4 Å². The number of amides is 2. The number of ether oxygens (including phenoxy) is 2. The Kier molecular flexibility index (Phi) is 6.48. The summed E-state index contributed by atoms with van der Waals surface area (Å²) in [6.45, 7) is 8.50. The number of rotatable bonds is 4. The second kappa shape index (κ2) is 8.90. The second-order valence-electron chi connectivity index (χ2n) is 8.81. The van der Waals surface area contributed by atoms with Crippen LogP contribution in [0.1, 0.15) is 57.6 Å². The summed E-state index contributed by atoms with van der Waals surface area (Å²) in [6, 6.07) is 7.95. The molecule has 7 nitrogen and oxygen atoms in total. The van der Waals surface area contributed by atoms with Gasteiger partial charge in [-0.3, -0.25) is 9.59 Å². The highest BCUT2D eigenvalue weighted by Crippen LogP contribution is 2.32. The van der Waals surface area contributed by atoms with Crippen molar-refractivity contribution in [3.8, 4) is 0 Å². The zero-order chi connectivity index (χ0) is 21.9. The molecule has 2 aliphatic heterocycles. The molecule has 1 fully saturated rings. The maximum absolute atomic E-state index is 12.2. The third-order valence-electron chi connectivity index (χ3n) is 5.19. The SMILES string of the molecule is CC(=O)NC[C@@H]1CC(c2ccc(C3=CCN(C(=O)OC(C)(C)C)CC3)cc2)C(=O)O1. The van der Waals surface area contributed by atoms with Gasteiger partial charge in [0.2, 0.25) is 5.91 Å². The van der Waals surface area contributed by atoms with Gasteiger partial charge in [0.25, 0.3) is 0 Å². The molecule has 1 aromatic carbocycles. The van der Waals surface area contributed by atoms with Crippen molar-refractivity contribution < 1.29 is 23.9 Å². The van der Waals surface area contributed by atoms with E-state index < -0.39 is 5.60 Å². The Bertz CT molecular complexity index is 838. The van der Waals surface area contributed by atoms with Crippen LogP contribution in [0.4, 0.5) is 4.79 Å². The first-order valence-electron chi connectivity index (χ1n) is 10.3. The Morgan fingerprint density at radius 1 is 1.23 bits per heavy atom. The molecule has 162 valence electrons. The minimum atomic E-state index is -0.501. The van der Waals surface area contributed by atoms with Gasteiger partial charge in [0.15, 0.2) is 0 Å². The minimum Gasteiger partial charge on any atom is -0.460 e. The molecule has 0 spiro atoms. The first-order chi connectivity index (χ1) is 14.1. The van der Waals surface area contributed by atoms with Gasteiger partial charge in [-0.2, -0.15) is 0 Å². The van der Waals surface area contributed by atoms with Crippen LogP contribution in [0.5, 0.6) is 0 Å². The Morgan fingerprint density at radius 2 is 1.93 bits per heavy atom. The Labute approximate surface area is 177 Å². The molecule has 0 bridgehead atoms. The van der Waals surface area contributed by atoms with Crippen LogP contribution in [0.25, 0.3) is 5.57 Å². The number of carbonyl (C=O) groups excluding carboxylic acids is 3. The number of carbonyl (C=O) groups is 3. The van der Waals surface area contributed by atoms with Gasteiger partial charge >= 0.3 is 12.1 Å². The highest BCUT2D eigenvalue weighted by atomic mass is 16.6. The zero-order valence-corrected chi connectivity index (χ0v) is 18.1. The van der Waals surface area contributed by atoms with Crippen LogP contribution < -0.4 is 5.32 Å². The smallest absolute Gasteiger partial charge is 0.410 e. The van der Waals surface area contributed by atoms with Gasteiger partial charge in [-0.15, -0.1) is 0 Å². The number of hydrogen-bond donors (Lipinski definition) is 1. The first kappa shape index (κ1) is 21.9. The highest BCUT2D eigenvalue weighted by Gasteiger charge is 2.35. The number of benzene rings is 1. The maximum Gasteiger partial charge on any atom is 0.410 e.